The van der Waals surface area contributed by atoms with E-state index >= 15 is 0 Å². The maximum Gasteiger partial charge on any atom is 0.274 e. The summed E-state index contributed by atoms with van der Waals surface area (Å²) >= 11 is 0. The molecule has 3 fully saturated rings. The van der Waals surface area contributed by atoms with E-state index in [0.717, 1.165) is 30.6 Å². The van der Waals surface area contributed by atoms with Gasteiger partial charge in [0.05, 0.1) is 5.92 Å². The fourth-order valence-electron chi connectivity index (χ4n) is 4.29. The van der Waals surface area contributed by atoms with E-state index in [-0.39, 0.29) is 23.8 Å². The molecular weight excluding hydrogens is 340 g/mol. The van der Waals surface area contributed by atoms with Gasteiger partial charge < -0.3 is 9.80 Å². The van der Waals surface area contributed by atoms with E-state index in [0.29, 0.717) is 25.3 Å². The molecular formula is C21H26N4O2. The van der Waals surface area contributed by atoms with Crippen LogP contribution in [0, 0.1) is 12.8 Å². The van der Waals surface area contributed by atoms with E-state index in [4.69, 9.17) is 0 Å². The SMILES string of the molecule is CCn1nc(C(=O)N2C[C@@H]3CC[C@H](C2)N(Cc2ccccc2)C3=O)cc1C. The molecule has 142 valence electrons. The van der Waals surface area contributed by atoms with Crippen LogP contribution in [0.2, 0.25) is 0 Å². The Bertz CT molecular complexity index is 845. The van der Waals surface area contributed by atoms with Crippen LogP contribution in [0.1, 0.15) is 41.5 Å². The third kappa shape index (κ3) is 3.36. The predicted molar refractivity (Wildman–Crippen MR) is 102 cm³/mol. The highest BCUT2D eigenvalue weighted by Gasteiger charge is 2.42. The van der Waals surface area contributed by atoms with Gasteiger partial charge in [0.2, 0.25) is 5.91 Å². The Balaban J connectivity index is 1.55. The molecule has 2 aromatic rings. The standard InChI is InChI=1S/C21H26N4O2/c1-3-25-15(2)11-19(22-25)21(27)23-13-17-9-10-18(14-23)24(20(17)26)12-16-7-5-4-6-8-16/h4-8,11,17-18H,3,9-10,12-14H2,1-2H3/t17-,18+/m0/s1. The Labute approximate surface area is 159 Å². The third-order valence-electron chi connectivity index (χ3n) is 5.78. The lowest BCUT2D eigenvalue weighted by Gasteiger charge is -2.36. The van der Waals surface area contributed by atoms with Crippen molar-refractivity contribution >= 4 is 11.8 Å². The van der Waals surface area contributed by atoms with E-state index < -0.39 is 0 Å². The molecule has 3 aliphatic heterocycles. The molecule has 5 rings (SSSR count). The van der Waals surface area contributed by atoms with Crippen molar-refractivity contribution in [1.29, 1.82) is 0 Å². The first kappa shape index (κ1) is 17.8. The summed E-state index contributed by atoms with van der Waals surface area (Å²) in [5.74, 6) is 0.0167. The molecule has 0 spiro atoms. The molecule has 6 nitrogen and oxygen atoms in total. The second-order valence-corrected chi connectivity index (χ2v) is 7.58. The molecule has 0 N–H and O–H groups in total. The number of aromatic nitrogens is 2. The molecule has 0 aliphatic carbocycles. The van der Waals surface area contributed by atoms with Gasteiger partial charge in [-0.2, -0.15) is 5.10 Å². The second kappa shape index (κ2) is 7.18. The molecule has 2 atom stereocenters. The molecule has 6 heteroatoms. The molecule has 3 saturated heterocycles. The maximum absolute atomic E-state index is 13.0. The number of carbonyl (C=O) groups is 2. The van der Waals surface area contributed by atoms with Gasteiger partial charge in [0, 0.05) is 37.9 Å². The maximum atomic E-state index is 13.0. The van der Waals surface area contributed by atoms with Gasteiger partial charge in [0.15, 0.2) is 5.69 Å². The molecule has 27 heavy (non-hydrogen) atoms. The summed E-state index contributed by atoms with van der Waals surface area (Å²) in [6, 6.07) is 12.0. The highest BCUT2D eigenvalue weighted by Crippen LogP contribution is 2.31. The smallest absolute Gasteiger partial charge is 0.274 e. The minimum Gasteiger partial charge on any atom is -0.334 e. The van der Waals surface area contributed by atoms with Crippen molar-refractivity contribution in [2.45, 2.75) is 45.8 Å². The monoisotopic (exact) mass is 366 g/mol. The lowest BCUT2D eigenvalue weighted by Crippen LogP contribution is -2.47. The van der Waals surface area contributed by atoms with Gasteiger partial charge in [-0.15, -0.1) is 0 Å². The molecule has 2 amide bonds. The number of amides is 2. The van der Waals surface area contributed by atoms with Gasteiger partial charge >= 0.3 is 0 Å². The molecule has 0 unspecified atom stereocenters. The first-order valence-electron chi connectivity index (χ1n) is 9.75. The normalized spacial score (nSPS) is 22.2. The Morgan fingerprint density at radius 2 is 1.96 bits per heavy atom. The molecule has 4 heterocycles. The number of nitrogens with zero attached hydrogens (tertiary/aromatic N) is 4. The topological polar surface area (TPSA) is 58.4 Å². The van der Waals surface area contributed by atoms with Crippen molar-refractivity contribution in [3.63, 3.8) is 0 Å². The Morgan fingerprint density at radius 3 is 2.67 bits per heavy atom. The minimum atomic E-state index is -0.106. The fraction of sp³-hybridized carbons (Fsp3) is 0.476. The summed E-state index contributed by atoms with van der Waals surface area (Å²) in [5.41, 5.74) is 2.60. The Morgan fingerprint density at radius 1 is 1.19 bits per heavy atom. The van der Waals surface area contributed by atoms with Crippen molar-refractivity contribution in [3.05, 3.63) is 53.3 Å². The van der Waals surface area contributed by atoms with Crippen LogP contribution in [0.4, 0.5) is 0 Å². The zero-order valence-corrected chi connectivity index (χ0v) is 16.0. The van der Waals surface area contributed by atoms with Crippen LogP contribution < -0.4 is 0 Å². The van der Waals surface area contributed by atoms with Crippen molar-refractivity contribution in [1.82, 2.24) is 19.6 Å². The molecule has 2 bridgehead atoms. The summed E-state index contributed by atoms with van der Waals surface area (Å²) in [4.78, 5) is 29.9. The highest BCUT2D eigenvalue weighted by molar-refractivity contribution is 5.93. The first-order chi connectivity index (χ1) is 13.1. The van der Waals surface area contributed by atoms with Crippen molar-refractivity contribution in [2.24, 2.45) is 5.92 Å². The minimum absolute atomic E-state index is 0.0587. The average molecular weight is 366 g/mol. The zero-order valence-electron chi connectivity index (χ0n) is 16.0. The number of carbonyl (C=O) groups excluding carboxylic acids is 2. The first-order valence-corrected chi connectivity index (χ1v) is 9.75. The largest absolute Gasteiger partial charge is 0.334 e. The van der Waals surface area contributed by atoms with E-state index in [1.165, 1.54) is 0 Å². The van der Waals surface area contributed by atoms with Gasteiger partial charge in [0.1, 0.15) is 0 Å². The van der Waals surface area contributed by atoms with Crippen molar-refractivity contribution in [2.75, 3.05) is 13.1 Å². The summed E-state index contributed by atoms with van der Waals surface area (Å²) in [6.45, 7) is 6.43. The van der Waals surface area contributed by atoms with Crippen LogP contribution in [0.15, 0.2) is 36.4 Å². The Hall–Kier alpha value is -2.63. The highest BCUT2D eigenvalue weighted by atomic mass is 16.2. The lowest BCUT2D eigenvalue weighted by molar-refractivity contribution is -0.140. The third-order valence-corrected chi connectivity index (χ3v) is 5.78. The number of aryl methyl sites for hydroxylation is 2. The van der Waals surface area contributed by atoms with Gasteiger partial charge in [-0.3, -0.25) is 14.3 Å². The van der Waals surface area contributed by atoms with Crippen LogP contribution in [0.25, 0.3) is 0 Å². The van der Waals surface area contributed by atoms with Gasteiger partial charge in [-0.25, -0.2) is 0 Å². The van der Waals surface area contributed by atoms with E-state index in [1.807, 2.05) is 52.6 Å². The van der Waals surface area contributed by atoms with Crippen LogP contribution >= 0.6 is 0 Å². The number of hydrogen-bond donors (Lipinski definition) is 0. The van der Waals surface area contributed by atoms with Gasteiger partial charge in [0.25, 0.3) is 5.91 Å². The number of benzene rings is 1. The van der Waals surface area contributed by atoms with Crippen LogP contribution in [0.5, 0.6) is 0 Å². The summed E-state index contributed by atoms with van der Waals surface area (Å²) in [5, 5.41) is 4.44. The summed E-state index contributed by atoms with van der Waals surface area (Å²) in [7, 11) is 0. The molecule has 3 aliphatic rings. The van der Waals surface area contributed by atoms with E-state index in [2.05, 4.69) is 17.2 Å². The predicted octanol–water partition coefficient (Wildman–Crippen LogP) is 2.47. The molecule has 1 aromatic carbocycles. The number of hydrogen-bond acceptors (Lipinski definition) is 3. The second-order valence-electron chi connectivity index (χ2n) is 7.58. The van der Waals surface area contributed by atoms with Crippen LogP contribution in [0.3, 0.4) is 0 Å². The number of rotatable bonds is 4. The number of piperidine rings is 1. The van der Waals surface area contributed by atoms with Gasteiger partial charge in [-0.05, 0) is 38.3 Å². The van der Waals surface area contributed by atoms with Crippen LogP contribution in [-0.2, 0) is 17.9 Å². The molecule has 0 radical (unpaired) electrons. The number of fused-ring (bicyclic) bond motifs is 4. The Kier molecular flexibility index (Phi) is 4.72. The molecule has 1 aromatic heterocycles. The van der Waals surface area contributed by atoms with E-state index in [1.54, 1.807) is 0 Å². The van der Waals surface area contributed by atoms with Crippen molar-refractivity contribution < 1.29 is 9.59 Å². The molecule has 0 saturated carbocycles. The van der Waals surface area contributed by atoms with E-state index in [9.17, 15) is 9.59 Å². The summed E-state index contributed by atoms with van der Waals surface area (Å²) in [6.07, 6.45) is 1.82. The fourth-order valence-corrected chi connectivity index (χ4v) is 4.29. The van der Waals surface area contributed by atoms with Crippen LogP contribution in [-0.4, -0.2) is 50.5 Å². The average Bonchev–Trinajstić information content (AvgIpc) is 2.86. The van der Waals surface area contributed by atoms with Gasteiger partial charge in [-0.1, -0.05) is 30.3 Å². The summed E-state index contributed by atoms with van der Waals surface area (Å²) < 4.78 is 1.84. The quantitative estimate of drug-likeness (QED) is 0.835. The lowest BCUT2D eigenvalue weighted by atomic mass is 9.93. The van der Waals surface area contributed by atoms with Crippen molar-refractivity contribution in [3.8, 4) is 0 Å². The zero-order chi connectivity index (χ0) is 19.0.